The van der Waals surface area contributed by atoms with Crippen molar-refractivity contribution in [2.24, 2.45) is 11.3 Å². The van der Waals surface area contributed by atoms with E-state index in [4.69, 9.17) is 10.2 Å². The smallest absolute Gasteiger partial charge is 0.312 e. The third-order valence-corrected chi connectivity index (χ3v) is 2.91. The molecule has 2 unspecified atom stereocenters. The minimum absolute atomic E-state index is 0.116. The number of carboxylic acids is 1. The number of aliphatic carboxylic acids is 1. The normalized spacial score (nSPS) is 37.5. The van der Waals surface area contributed by atoms with Crippen molar-refractivity contribution in [3.05, 3.63) is 0 Å². The van der Waals surface area contributed by atoms with E-state index in [2.05, 4.69) is 0 Å². The van der Waals surface area contributed by atoms with Gasteiger partial charge in [-0.15, -0.1) is 0 Å². The first-order valence-electron chi connectivity index (χ1n) is 3.98. The Bertz CT molecular complexity index is 167. The molecule has 2 N–H and O–H groups in total. The fourth-order valence-electron chi connectivity index (χ4n) is 1.87. The molecule has 1 saturated carbocycles. The largest absolute Gasteiger partial charge is 0.481 e. The molecule has 1 rings (SSSR count). The summed E-state index contributed by atoms with van der Waals surface area (Å²) in [5, 5.41) is 17.9. The van der Waals surface area contributed by atoms with Crippen molar-refractivity contribution in [1.29, 1.82) is 0 Å². The molecule has 0 amide bonds. The third kappa shape index (κ3) is 1.13. The molecule has 1 fully saturated rings. The highest BCUT2D eigenvalue weighted by atomic mass is 16.4. The van der Waals surface area contributed by atoms with Crippen molar-refractivity contribution < 1.29 is 15.0 Å². The summed E-state index contributed by atoms with van der Waals surface area (Å²) < 4.78 is 0. The van der Waals surface area contributed by atoms with Crippen molar-refractivity contribution >= 4 is 5.97 Å². The second-order valence-electron chi connectivity index (χ2n) is 3.41. The highest BCUT2D eigenvalue weighted by molar-refractivity contribution is 5.75. The van der Waals surface area contributed by atoms with Gasteiger partial charge >= 0.3 is 5.97 Å². The van der Waals surface area contributed by atoms with E-state index in [1.54, 1.807) is 0 Å². The van der Waals surface area contributed by atoms with Gasteiger partial charge in [-0.2, -0.15) is 0 Å². The van der Waals surface area contributed by atoms with Crippen LogP contribution in [0.2, 0.25) is 0 Å². The first-order valence-corrected chi connectivity index (χ1v) is 3.98. The molecule has 0 aromatic carbocycles. The van der Waals surface area contributed by atoms with Crippen LogP contribution in [-0.4, -0.2) is 22.8 Å². The summed E-state index contributed by atoms with van der Waals surface area (Å²) in [4.78, 5) is 10.8. The first-order chi connectivity index (χ1) is 5.13. The van der Waals surface area contributed by atoms with Gasteiger partial charge in [-0.1, -0.05) is 13.3 Å². The van der Waals surface area contributed by atoms with Crippen molar-refractivity contribution in [3.63, 3.8) is 0 Å². The quantitative estimate of drug-likeness (QED) is 0.627. The summed E-state index contributed by atoms with van der Waals surface area (Å²) in [6.07, 6.45) is 2.47. The lowest BCUT2D eigenvalue weighted by atomic mass is 9.80. The van der Waals surface area contributed by atoms with E-state index < -0.39 is 11.4 Å². The zero-order chi connectivity index (χ0) is 8.48. The summed E-state index contributed by atoms with van der Waals surface area (Å²) >= 11 is 0. The summed E-state index contributed by atoms with van der Waals surface area (Å²) in [6.45, 7) is 1.68. The number of aliphatic hydroxyl groups excluding tert-OH is 1. The molecule has 11 heavy (non-hydrogen) atoms. The van der Waals surface area contributed by atoms with Crippen LogP contribution in [0, 0.1) is 11.3 Å². The molecule has 64 valence electrons. The Labute approximate surface area is 66.0 Å². The number of rotatable bonds is 2. The molecular weight excluding hydrogens is 144 g/mol. The SMILES string of the molecule is CC1CCCC1(CO)C(=O)O. The molecule has 0 radical (unpaired) electrons. The average molecular weight is 158 g/mol. The second-order valence-corrected chi connectivity index (χ2v) is 3.41. The van der Waals surface area contributed by atoms with Crippen molar-refractivity contribution in [3.8, 4) is 0 Å². The van der Waals surface area contributed by atoms with Crippen molar-refractivity contribution in [2.75, 3.05) is 6.61 Å². The van der Waals surface area contributed by atoms with Crippen LogP contribution < -0.4 is 0 Å². The minimum Gasteiger partial charge on any atom is -0.481 e. The average Bonchev–Trinajstić information content (AvgIpc) is 2.32. The highest BCUT2D eigenvalue weighted by Crippen LogP contribution is 2.42. The Kier molecular flexibility index (Phi) is 2.18. The Morgan fingerprint density at radius 3 is 2.55 bits per heavy atom. The summed E-state index contributed by atoms with van der Waals surface area (Å²) in [5.41, 5.74) is -0.833. The van der Waals surface area contributed by atoms with E-state index in [9.17, 15) is 4.79 Å². The van der Waals surface area contributed by atoms with E-state index in [1.807, 2.05) is 6.92 Å². The van der Waals surface area contributed by atoms with Gasteiger partial charge < -0.3 is 10.2 Å². The number of hydrogen-bond acceptors (Lipinski definition) is 2. The van der Waals surface area contributed by atoms with Crippen molar-refractivity contribution in [1.82, 2.24) is 0 Å². The van der Waals surface area contributed by atoms with Crippen LogP contribution in [0.4, 0.5) is 0 Å². The minimum atomic E-state index is -0.843. The maximum atomic E-state index is 10.8. The van der Waals surface area contributed by atoms with Gasteiger partial charge in [0.2, 0.25) is 0 Å². The summed E-state index contributed by atoms with van der Waals surface area (Å²) in [6, 6.07) is 0. The highest BCUT2D eigenvalue weighted by Gasteiger charge is 2.46. The summed E-state index contributed by atoms with van der Waals surface area (Å²) in [7, 11) is 0. The molecule has 1 aliphatic rings. The lowest BCUT2D eigenvalue weighted by Crippen LogP contribution is -2.37. The van der Waals surface area contributed by atoms with E-state index >= 15 is 0 Å². The lowest BCUT2D eigenvalue weighted by molar-refractivity contribution is -0.153. The standard InChI is InChI=1S/C8H14O3/c1-6-3-2-4-8(6,5-9)7(10)11/h6,9H,2-5H2,1H3,(H,10,11). The maximum absolute atomic E-state index is 10.8. The molecule has 3 nitrogen and oxygen atoms in total. The monoisotopic (exact) mass is 158 g/mol. The van der Waals surface area contributed by atoms with Crippen LogP contribution in [0.3, 0.4) is 0 Å². The molecule has 2 atom stereocenters. The second kappa shape index (κ2) is 2.81. The topological polar surface area (TPSA) is 57.5 Å². The Morgan fingerprint density at radius 1 is 1.73 bits per heavy atom. The van der Waals surface area contributed by atoms with Gasteiger partial charge in [-0.05, 0) is 18.8 Å². The van der Waals surface area contributed by atoms with Gasteiger partial charge in [-0.25, -0.2) is 0 Å². The number of aliphatic hydroxyl groups is 1. The van der Waals surface area contributed by atoms with Crippen LogP contribution in [0.25, 0.3) is 0 Å². The Morgan fingerprint density at radius 2 is 2.36 bits per heavy atom. The van der Waals surface area contributed by atoms with E-state index in [1.165, 1.54) is 0 Å². The van der Waals surface area contributed by atoms with E-state index in [-0.39, 0.29) is 12.5 Å². The maximum Gasteiger partial charge on any atom is 0.312 e. The predicted molar refractivity (Wildman–Crippen MR) is 40.2 cm³/mol. The predicted octanol–water partition coefficient (Wildman–Crippen LogP) is 0.870. The Balaban J connectivity index is 2.82. The zero-order valence-electron chi connectivity index (χ0n) is 6.71. The van der Waals surface area contributed by atoms with Gasteiger partial charge in [0.15, 0.2) is 0 Å². The van der Waals surface area contributed by atoms with Crippen LogP contribution >= 0.6 is 0 Å². The fourth-order valence-corrected chi connectivity index (χ4v) is 1.87. The van der Waals surface area contributed by atoms with Crippen LogP contribution in [0.1, 0.15) is 26.2 Å². The molecule has 0 aromatic heterocycles. The molecule has 0 heterocycles. The molecule has 0 aromatic rings. The first kappa shape index (κ1) is 8.53. The van der Waals surface area contributed by atoms with Gasteiger partial charge in [0.1, 0.15) is 0 Å². The van der Waals surface area contributed by atoms with Crippen molar-refractivity contribution in [2.45, 2.75) is 26.2 Å². The van der Waals surface area contributed by atoms with Gasteiger partial charge in [-0.3, -0.25) is 4.79 Å². The third-order valence-electron chi connectivity index (χ3n) is 2.91. The number of carboxylic acid groups (broad SMARTS) is 1. The van der Waals surface area contributed by atoms with Crippen LogP contribution in [0.5, 0.6) is 0 Å². The molecule has 3 heteroatoms. The zero-order valence-corrected chi connectivity index (χ0v) is 6.71. The Hall–Kier alpha value is -0.570. The van der Waals surface area contributed by atoms with Gasteiger partial charge in [0.05, 0.1) is 12.0 Å². The fraction of sp³-hybridized carbons (Fsp3) is 0.875. The molecular formula is C8H14O3. The van der Waals surface area contributed by atoms with Gasteiger partial charge in [0.25, 0.3) is 0 Å². The van der Waals surface area contributed by atoms with Gasteiger partial charge in [0, 0.05) is 0 Å². The molecule has 1 aliphatic carbocycles. The van der Waals surface area contributed by atoms with E-state index in [0.29, 0.717) is 6.42 Å². The van der Waals surface area contributed by atoms with Crippen LogP contribution in [0.15, 0.2) is 0 Å². The van der Waals surface area contributed by atoms with E-state index in [0.717, 1.165) is 12.8 Å². The molecule has 0 saturated heterocycles. The molecule has 0 bridgehead atoms. The molecule has 0 spiro atoms. The number of hydrogen-bond donors (Lipinski definition) is 2. The lowest BCUT2D eigenvalue weighted by Gasteiger charge is -2.25. The summed E-state index contributed by atoms with van der Waals surface area (Å²) in [5.74, 6) is -0.727. The molecule has 0 aliphatic heterocycles. The van der Waals surface area contributed by atoms with Crippen LogP contribution in [-0.2, 0) is 4.79 Å². The number of carbonyl (C=O) groups is 1.